The molecule has 0 saturated carbocycles. The van der Waals surface area contributed by atoms with E-state index in [1.807, 2.05) is 0 Å². The smallest absolute Gasteiger partial charge is 0.338 e. The minimum atomic E-state index is -0.786. The summed E-state index contributed by atoms with van der Waals surface area (Å²) in [6.45, 7) is 2.86. The van der Waals surface area contributed by atoms with Crippen molar-refractivity contribution in [2.24, 2.45) is 0 Å². The van der Waals surface area contributed by atoms with Crippen LogP contribution in [0.3, 0.4) is 0 Å². The van der Waals surface area contributed by atoms with Crippen LogP contribution in [0.15, 0.2) is 47.1 Å². The highest BCUT2D eigenvalue weighted by Crippen LogP contribution is 2.13. The fourth-order valence-corrected chi connectivity index (χ4v) is 1.60. The first-order valence-electron chi connectivity index (χ1n) is 6.63. The summed E-state index contributed by atoms with van der Waals surface area (Å²) in [6, 6.07) is 9.31. The van der Waals surface area contributed by atoms with Crippen molar-refractivity contribution >= 4 is 23.3 Å². The van der Waals surface area contributed by atoms with Gasteiger partial charge in [0.1, 0.15) is 0 Å². The molecule has 0 aliphatic heterocycles. The van der Waals surface area contributed by atoms with Gasteiger partial charge in [-0.15, -0.1) is 0 Å². The van der Waals surface area contributed by atoms with Crippen LogP contribution >= 0.6 is 0 Å². The normalized spacial score (nSPS) is 11.5. The summed E-state index contributed by atoms with van der Waals surface area (Å²) < 4.78 is 9.96. The third kappa shape index (κ3) is 3.82. The van der Waals surface area contributed by atoms with Gasteiger partial charge in [0, 0.05) is 5.69 Å². The average Bonchev–Trinajstić information content (AvgIpc) is 3.02. The summed E-state index contributed by atoms with van der Waals surface area (Å²) in [5.74, 6) is -1.01. The van der Waals surface area contributed by atoms with Gasteiger partial charge in [0.15, 0.2) is 17.6 Å². The molecule has 0 fully saturated rings. The van der Waals surface area contributed by atoms with Crippen LogP contribution in [0, 0.1) is 0 Å². The van der Waals surface area contributed by atoms with Gasteiger partial charge in [-0.05, 0) is 50.2 Å². The molecule has 1 atom stereocenters. The number of esters is 1. The lowest BCUT2D eigenvalue weighted by Gasteiger charge is -2.10. The summed E-state index contributed by atoms with van der Waals surface area (Å²) in [7, 11) is 0. The van der Waals surface area contributed by atoms with Crippen molar-refractivity contribution in [3.05, 3.63) is 54.0 Å². The Bertz CT molecular complexity index is 673. The SMILES string of the molecule is CC(=O)C(C)OC(=O)c1ccc(NC(=O)c2ccco2)cc1. The predicted molar refractivity (Wildman–Crippen MR) is 78.7 cm³/mol. The van der Waals surface area contributed by atoms with Gasteiger partial charge >= 0.3 is 5.97 Å². The van der Waals surface area contributed by atoms with E-state index in [1.165, 1.54) is 32.2 Å². The fourth-order valence-electron chi connectivity index (χ4n) is 1.60. The van der Waals surface area contributed by atoms with E-state index < -0.39 is 12.1 Å². The van der Waals surface area contributed by atoms with Crippen LogP contribution in [-0.4, -0.2) is 23.8 Å². The van der Waals surface area contributed by atoms with Crippen molar-refractivity contribution in [3.8, 4) is 0 Å². The molecule has 0 saturated heterocycles. The van der Waals surface area contributed by atoms with Crippen molar-refractivity contribution in [1.82, 2.24) is 0 Å². The highest BCUT2D eigenvalue weighted by atomic mass is 16.5. The maximum atomic E-state index is 11.8. The van der Waals surface area contributed by atoms with Gasteiger partial charge in [0.05, 0.1) is 11.8 Å². The molecule has 2 aromatic rings. The van der Waals surface area contributed by atoms with Gasteiger partial charge in [-0.25, -0.2) is 4.79 Å². The summed E-state index contributed by atoms with van der Waals surface area (Å²) in [5, 5.41) is 2.63. The Labute approximate surface area is 127 Å². The Morgan fingerprint density at radius 2 is 1.82 bits per heavy atom. The van der Waals surface area contributed by atoms with Crippen LogP contribution in [0.5, 0.6) is 0 Å². The molecule has 0 aliphatic rings. The summed E-state index contributed by atoms with van der Waals surface area (Å²) in [5.41, 5.74) is 0.807. The number of ketones is 1. The highest BCUT2D eigenvalue weighted by Gasteiger charge is 2.15. The van der Waals surface area contributed by atoms with E-state index >= 15 is 0 Å². The first kappa shape index (κ1) is 15.5. The number of Topliss-reactive ketones (excluding diaryl/α,β-unsaturated/α-hetero) is 1. The van der Waals surface area contributed by atoms with E-state index in [2.05, 4.69) is 5.32 Å². The lowest BCUT2D eigenvalue weighted by atomic mass is 10.2. The van der Waals surface area contributed by atoms with Crippen LogP contribution in [-0.2, 0) is 9.53 Å². The number of amides is 1. The van der Waals surface area contributed by atoms with Crippen LogP contribution in [0.4, 0.5) is 5.69 Å². The number of benzene rings is 1. The minimum absolute atomic E-state index is 0.193. The molecule has 1 N–H and O–H groups in total. The number of carbonyl (C=O) groups is 3. The second-order valence-electron chi connectivity index (χ2n) is 4.67. The molecule has 1 aromatic carbocycles. The molecule has 6 heteroatoms. The Hall–Kier alpha value is -2.89. The maximum Gasteiger partial charge on any atom is 0.338 e. The van der Waals surface area contributed by atoms with E-state index in [-0.39, 0.29) is 17.5 Å². The molecule has 0 bridgehead atoms. The molecule has 1 heterocycles. The average molecular weight is 301 g/mol. The Morgan fingerprint density at radius 1 is 1.14 bits per heavy atom. The highest BCUT2D eigenvalue weighted by molar-refractivity contribution is 6.02. The van der Waals surface area contributed by atoms with Gasteiger partial charge in [-0.2, -0.15) is 0 Å². The third-order valence-corrected chi connectivity index (χ3v) is 2.98. The molecule has 2 rings (SSSR count). The van der Waals surface area contributed by atoms with Crippen LogP contribution < -0.4 is 5.32 Å². The number of nitrogens with one attached hydrogen (secondary N) is 1. The molecule has 1 unspecified atom stereocenters. The van der Waals surface area contributed by atoms with Gasteiger partial charge in [-0.3, -0.25) is 9.59 Å². The zero-order valence-corrected chi connectivity index (χ0v) is 12.2. The molecule has 0 radical (unpaired) electrons. The topological polar surface area (TPSA) is 85.6 Å². The molecular weight excluding hydrogens is 286 g/mol. The largest absolute Gasteiger partial charge is 0.459 e. The van der Waals surface area contributed by atoms with E-state index in [4.69, 9.17) is 9.15 Å². The molecule has 0 spiro atoms. The maximum absolute atomic E-state index is 11.8. The van der Waals surface area contributed by atoms with E-state index in [1.54, 1.807) is 24.3 Å². The van der Waals surface area contributed by atoms with Crippen LogP contribution in [0.25, 0.3) is 0 Å². The standard InChI is InChI=1S/C16H15NO5/c1-10(18)11(2)22-16(20)12-5-7-13(8-6-12)17-15(19)14-4-3-9-21-14/h3-9,11H,1-2H3,(H,17,19). The zero-order valence-electron chi connectivity index (χ0n) is 12.2. The Kier molecular flexibility index (Phi) is 4.73. The lowest BCUT2D eigenvalue weighted by molar-refractivity contribution is -0.124. The van der Waals surface area contributed by atoms with Gasteiger partial charge in [0.2, 0.25) is 0 Å². The number of hydrogen-bond acceptors (Lipinski definition) is 5. The second kappa shape index (κ2) is 6.71. The lowest BCUT2D eigenvalue weighted by Crippen LogP contribution is -2.21. The first-order valence-corrected chi connectivity index (χ1v) is 6.63. The zero-order chi connectivity index (χ0) is 16.1. The van der Waals surface area contributed by atoms with Crippen molar-refractivity contribution in [2.75, 3.05) is 5.32 Å². The number of hydrogen-bond donors (Lipinski definition) is 1. The van der Waals surface area contributed by atoms with E-state index in [0.29, 0.717) is 11.3 Å². The van der Waals surface area contributed by atoms with Gasteiger partial charge in [-0.1, -0.05) is 0 Å². The third-order valence-electron chi connectivity index (χ3n) is 2.98. The molecule has 6 nitrogen and oxygen atoms in total. The van der Waals surface area contributed by atoms with Crippen molar-refractivity contribution in [3.63, 3.8) is 0 Å². The number of carbonyl (C=O) groups excluding carboxylic acids is 3. The number of ether oxygens (including phenoxy) is 1. The van der Waals surface area contributed by atoms with Gasteiger partial charge in [0.25, 0.3) is 5.91 Å². The number of anilines is 1. The summed E-state index contributed by atoms with van der Waals surface area (Å²) in [4.78, 5) is 34.6. The van der Waals surface area contributed by atoms with E-state index in [0.717, 1.165) is 0 Å². The molecule has 114 valence electrons. The monoisotopic (exact) mass is 301 g/mol. The first-order chi connectivity index (χ1) is 10.5. The van der Waals surface area contributed by atoms with Crippen molar-refractivity contribution < 1.29 is 23.5 Å². The second-order valence-corrected chi connectivity index (χ2v) is 4.67. The summed E-state index contributed by atoms with van der Waals surface area (Å²) in [6.07, 6.45) is 0.621. The summed E-state index contributed by atoms with van der Waals surface area (Å²) >= 11 is 0. The quantitative estimate of drug-likeness (QED) is 0.858. The minimum Gasteiger partial charge on any atom is -0.459 e. The molecule has 1 aromatic heterocycles. The molecule has 22 heavy (non-hydrogen) atoms. The Morgan fingerprint density at radius 3 is 2.36 bits per heavy atom. The number of rotatable bonds is 5. The van der Waals surface area contributed by atoms with Crippen molar-refractivity contribution in [1.29, 1.82) is 0 Å². The van der Waals surface area contributed by atoms with Crippen LogP contribution in [0.2, 0.25) is 0 Å². The number of furan rings is 1. The Balaban J connectivity index is 1.99. The molecule has 0 aliphatic carbocycles. The predicted octanol–water partition coefficient (Wildman–Crippen LogP) is 2.67. The van der Waals surface area contributed by atoms with Gasteiger partial charge < -0.3 is 14.5 Å². The van der Waals surface area contributed by atoms with Crippen molar-refractivity contribution in [2.45, 2.75) is 20.0 Å². The fraction of sp³-hybridized carbons (Fsp3) is 0.188. The molecule has 1 amide bonds. The molecular formula is C16H15NO5. The van der Waals surface area contributed by atoms with Crippen LogP contribution in [0.1, 0.15) is 34.8 Å². The van der Waals surface area contributed by atoms with E-state index in [9.17, 15) is 14.4 Å².